The van der Waals surface area contributed by atoms with Crippen molar-refractivity contribution >= 4 is 35.0 Å². The number of allylic oxidation sites excluding steroid dienone is 1. The third-order valence-electron chi connectivity index (χ3n) is 4.11. The summed E-state index contributed by atoms with van der Waals surface area (Å²) in [5, 5.41) is 12.6. The molecule has 3 rings (SSSR count). The van der Waals surface area contributed by atoms with Gasteiger partial charge in [0.15, 0.2) is 5.16 Å². The summed E-state index contributed by atoms with van der Waals surface area (Å²) in [6.07, 6.45) is 4.15. The molecule has 1 aromatic carbocycles. The summed E-state index contributed by atoms with van der Waals surface area (Å²) in [4.78, 5) is 12.5. The van der Waals surface area contributed by atoms with Gasteiger partial charge in [0.1, 0.15) is 5.82 Å². The van der Waals surface area contributed by atoms with Crippen molar-refractivity contribution in [2.45, 2.75) is 49.6 Å². The molecule has 0 aliphatic heterocycles. The van der Waals surface area contributed by atoms with E-state index in [1.807, 2.05) is 32.1 Å². The Kier molecular flexibility index (Phi) is 5.49. The third-order valence-corrected chi connectivity index (χ3v) is 5.42. The molecule has 1 fully saturated rings. The van der Waals surface area contributed by atoms with Crippen LogP contribution in [0.5, 0.6) is 0 Å². The van der Waals surface area contributed by atoms with Gasteiger partial charge in [-0.3, -0.25) is 4.79 Å². The standard InChI is InChI=1S/C18H21ClN4OS/c1-4-9-23-16(13-6-7-13)21-22-18(23)25-12(3)17(24)20-15-10-14(19)8-5-11(15)2/h4-5,8,10,12-13H,1,6-7,9H2,2-3H3,(H,20,24). The van der Waals surface area contributed by atoms with Gasteiger partial charge in [0.2, 0.25) is 5.91 Å². The molecule has 1 aromatic heterocycles. The number of aryl methyl sites for hydroxylation is 1. The highest BCUT2D eigenvalue weighted by Crippen LogP contribution is 2.40. The number of nitrogens with one attached hydrogen (secondary N) is 1. The van der Waals surface area contributed by atoms with Gasteiger partial charge in [-0.1, -0.05) is 35.5 Å². The number of benzene rings is 1. The summed E-state index contributed by atoms with van der Waals surface area (Å²) in [5.74, 6) is 1.41. The Labute approximate surface area is 156 Å². The lowest BCUT2D eigenvalue weighted by atomic mass is 10.2. The summed E-state index contributed by atoms with van der Waals surface area (Å²) >= 11 is 7.43. The van der Waals surface area contributed by atoms with Gasteiger partial charge in [-0.05, 0) is 44.4 Å². The Bertz CT molecular complexity index is 800. The average molecular weight is 377 g/mol. The van der Waals surface area contributed by atoms with Crippen LogP contribution >= 0.6 is 23.4 Å². The Morgan fingerprint density at radius 3 is 2.96 bits per heavy atom. The van der Waals surface area contributed by atoms with Gasteiger partial charge >= 0.3 is 0 Å². The molecule has 0 radical (unpaired) electrons. The largest absolute Gasteiger partial charge is 0.325 e. The van der Waals surface area contributed by atoms with E-state index in [1.165, 1.54) is 11.8 Å². The van der Waals surface area contributed by atoms with Crippen molar-refractivity contribution in [1.82, 2.24) is 14.8 Å². The van der Waals surface area contributed by atoms with Crippen LogP contribution in [-0.4, -0.2) is 25.9 Å². The summed E-state index contributed by atoms with van der Waals surface area (Å²) in [7, 11) is 0. The van der Waals surface area contributed by atoms with Crippen molar-refractivity contribution in [3.63, 3.8) is 0 Å². The average Bonchev–Trinajstić information content (AvgIpc) is 3.35. The van der Waals surface area contributed by atoms with E-state index in [0.29, 0.717) is 17.5 Å². The van der Waals surface area contributed by atoms with Crippen LogP contribution in [0.25, 0.3) is 0 Å². The molecular weight excluding hydrogens is 356 g/mol. The minimum Gasteiger partial charge on any atom is -0.325 e. The Hall–Kier alpha value is -1.79. The normalized spacial score (nSPS) is 15.0. The molecule has 0 bridgehead atoms. The number of rotatable bonds is 7. The van der Waals surface area contributed by atoms with E-state index in [9.17, 15) is 4.79 Å². The number of nitrogens with zero attached hydrogens (tertiary/aromatic N) is 3. The van der Waals surface area contributed by atoms with Crippen LogP contribution in [0.2, 0.25) is 5.02 Å². The highest BCUT2D eigenvalue weighted by molar-refractivity contribution is 8.00. The first-order valence-electron chi connectivity index (χ1n) is 8.27. The van der Waals surface area contributed by atoms with E-state index in [4.69, 9.17) is 11.6 Å². The molecule has 1 amide bonds. The van der Waals surface area contributed by atoms with Crippen LogP contribution in [0.3, 0.4) is 0 Å². The maximum Gasteiger partial charge on any atom is 0.237 e. The second-order valence-corrected chi connectivity index (χ2v) is 7.97. The Morgan fingerprint density at radius 1 is 1.52 bits per heavy atom. The number of amides is 1. The topological polar surface area (TPSA) is 59.8 Å². The Morgan fingerprint density at radius 2 is 2.28 bits per heavy atom. The molecule has 25 heavy (non-hydrogen) atoms. The zero-order chi connectivity index (χ0) is 18.0. The first kappa shape index (κ1) is 18.0. The number of carbonyl (C=O) groups is 1. The SMILES string of the molecule is C=CCn1c(SC(C)C(=O)Nc2cc(Cl)ccc2C)nnc1C1CC1. The van der Waals surface area contributed by atoms with E-state index < -0.39 is 0 Å². The van der Waals surface area contributed by atoms with Crippen molar-refractivity contribution < 1.29 is 4.79 Å². The minimum atomic E-state index is -0.307. The molecule has 1 aliphatic carbocycles. The highest BCUT2D eigenvalue weighted by atomic mass is 35.5. The molecular formula is C18H21ClN4OS. The number of carbonyl (C=O) groups excluding carboxylic acids is 1. The quantitative estimate of drug-likeness (QED) is 0.574. The first-order chi connectivity index (χ1) is 12.0. The fraction of sp³-hybridized carbons (Fsp3) is 0.389. The van der Waals surface area contributed by atoms with Crippen LogP contribution < -0.4 is 5.32 Å². The van der Waals surface area contributed by atoms with E-state index in [2.05, 4.69) is 26.7 Å². The van der Waals surface area contributed by atoms with Gasteiger partial charge in [0.25, 0.3) is 0 Å². The highest BCUT2D eigenvalue weighted by Gasteiger charge is 2.31. The van der Waals surface area contributed by atoms with Crippen LogP contribution in [0.1, 0.15) is 37.1 Å². The molecule has 1 aliphatic rings. The van der Waals surface area contributed by atoms with Gasteiger partial charge in [0.05, 0.1) is 5.25 Å². The maximum absolute atomic E-state index is 12.5. The van der Waals surface area contributed by atoms with E-state index in [0.717, 1.165) is 35.1 Å². The van der Waals surface area contributed by atoms with Crippen molar-refractivity contribution in [3.8, 4) is 0 Å². The van der Waals surface area contributed by atoms with Crippen LogP contribution in [0.4, 0.5) is 5.69 Å². The molecule has 1 atom stereocenters. The molecule has 2 aromatic rings. The fourth-order valence-corrected chi connectivity index (χ4v) is 3.54. The van der Waals surface area contributed by atoms with Gasteiger partial charge in [-0.15, -0.1) is 16.8 Å². The van der Waals surface area contributed by atoms with Crippen molar-refractivity contribution in [2.24, 2.45) is 0 Å². The number of halogens is 1. The monoisotopic (exact) mass is 376 g/mol. The summed E-state index contributed by atoms with van der Waals surface area (Å²) in [5.41, 5.74) is 1.71. The molecule has 5 nitrogen and oxygen atoms in total. The van der Waals surface area contributed by atoms with E-state index >= 15 is 0 Å². The fourth-order valence-electron chi connectivity index (χ4n) is 2.51. The van der Waals surface area contributed by atoms with Gasteiger partial charge in [-0.2, -0.15) is 0 Å². The molecule has 1 saturated carbocycles. The van der Waals surface area contributed by atoms with Gasteiger partial charge in [0, 0.05) is 23.2 Å². The smallest absolute Gasteiger partial charge is 0.237 e. The van der Waals surface area contributed by atoms with Gasteiger partial charge < -0.3 is 9.88 Å². The summed E-state index contributed by atoms with van der Waals surface area (Å²) in [6, 6.07) is 5.46. The molecule has 1 heterocycles. The molecule has 1 unspecified atom stereocenters. The number of thioether (sulfide) groups is 1. The lowest BCUT2D eigenvalue weighted by Crippen LogP contribution is -2.23. The van der Waals surface area contributed by atoms with Gasteiger partial charge in [-0.25, -0.2) is 0 Å². The third kappa shape index (κ3) is 4.25. The van der Waals surface area contributed by atoms with Crippen molar-refractivity contribution in [1.29, 1.82) is 0 Å². The Balaban J connectivity index is 1.71. The minimum absolute atomic E-state index is 0.0866. The number of aromatic nitrogens is 3. The maximum atomic E-state index is 12.5. The zero-order valence-corrected chi connectivity index (χ0v) is 15.9. The number of anilines is 1. The number of hydrogen-bond donors (Lipinski definition) is 1. The predicted molar refractivity (Wildman–Crippen MR) is 102 cm³/mol. The second kappa shape index (κ2) is 7.62. The lowest BCUT2D eigenvalue weighted by Gasteiger charge is -2.14. The lowest BCUT2D eigenvalue weighted by molar-refractivity contribution is -0.115. The van der Waals surface area contributed by atoms with E-state index in [1.54, 1.807) is 6.07 Å². The molecule has 0 saturated heterocycles. The van der Waals surface area contributed by atoms with E-state index in [-0.39, 0.29) is 11.2 Å². The molecule has 1 N–H and O–H groups in total. The van der Waals surface area contributed by atoms with Crippen molar-refractivity contribution in [3.05, 3.63) is 47.3 Å². The predicted octanol–water partition coefficient (Wildman–Crippen LogP) is 4.42. The summed E-state index contributed by atoms with van der Waals surface area (Å²) in [6.45, 7) is 8.27. The summed E-state index contributed by atoms with van der Waals surface area (Å²) < 4.78 is 2.06. The molecule has 7 heteroatoms. The van der Waals surface area contributed by atoms with Crippen molar-refractivity contribution in [2.75, 3.05) is 5.32 Å². The van der Waals surface area contributed by atoms with Crippen LogP contribution in [0.15, 0.2) is 36.0 Å². The number of hydrogen-bond acceptors (Lipinski definition) is 4. The molecule has 132 valence electrons. The zero-order valence-electron chi connectivity index (χ0n) is 14.3. The molecule has 0 spiro atoms. The van der Waals surface area contributed by atoms with Crippen LogP contribution in [0, 0.1) is 6.92 Å². The van der Waals surface area contributed by atoms with Crippen LogP contribution in [-0.2, 0) is 11.3 Å². The second-order valence-electron chi connectivity index (χ2n) is 6.22. The first-order valence-corrected chi connectivity index (χ1v) is 9.53.